The number of rotatable bonds is 3. The van der Waals surface area contributed by atoms with Gasteiger partial charge < -0.3 is 10.1 Å². The van der Waals surface area contributed by atoms with E-state index in [2.05, 4.69) is 44.5 Å². The zero-order valence-electron chi connectivity index (χ0n) is 11.5. The smallest absolute Gasteiger partial charge is 0.125 e. The van der Waals surface area contributed by atoms with E-state index in [1.165, 1.54) is 11.3 Å². The number of halogens is 1. The summed E-state index contributed by atoms with van der Waals surface area (Å²) in [5.41, 5.74) is 2.43. The van der Waals surface area contributed by atoms with Crippen molar-refractivity contribution in [1.29, 1.82) is 0 Å². The van der Waals surface area contributed by atoms with Gasteiger partial charge in [0, 0.05) is 35.9 Å². The molecule has 2 aromatic rings. The van der Waals surface area contributed by atoms with E-state index < -0.39 is 0 Å². The van der Waals surface area contributed by atoms with E-state index in [-0.39, 0.29) is 0 Å². The van der Waals surface area contributed by atoms with Gasteiger partial charge in [-0.05, 0) is 31.0 Å². The van der Waals surface area contributed by atoms with E-state index in [0.29, 0.717) is 6.04 Å². The summed E-state index contributed by atoms with van der Waals surface area (Å²) in [6, 6.07) is 8.65. The number of nitrogens with one attached hydrogen (secondary N) is 1. The number of nitrogens with zero attached hydrogens (tertiary/aromatic N) is 2. The Morgan fingerprint density at radius 1 is 1.45 bits per heavy atom. The van der Waals surface area contributed by atoms with Gasteiger partial charge in [-0.25, -0.2) is 0 Å². The van der Waals surface area contributed by atoms with E-state index in [4.69, 9.17) is 4.74 Å². The second-order valence-corrected chi connectivity index (χ2v) is 5.97. The van der Waals surface area contributed by atoms with Crippen molar-refractivity contribution in [2.24, 2.45) is 7.05 Å². The van der Waals surface area contributed by atoms with Crippen molar-refractivity contribution in [3.05, 3.63) is 46.2 Å². The molecule has 1 unspecified atom stereocenters. The van der Waals surface area contributed by atoms with Crippen molar-refractivity contribution in [2.45, 2.75) is 25.4 Å². The summed E-state index contributed by atoms with van der Waals surface area (Å²) in [6.45, 7) is 1.60. The highest BCUT2D eigenvalue weighted by atomic mass is 79.9. The van der Waals surface area contributed by atoms with E-state index in [1.54, 1.807) is 0 Å². The summed E-state index contributed by atoms with van der Waals surface area (Å²) in [4.78, 5) is 0. The monoisotopic (exact) mass is 335 g/mol. The minimum Gasteiger partial charge on any atom is -0.493 e. The lowest BCUT2D eigenvalue weighted by Crippen LogP contribution is -2.22. The maximum Gasteiger partial charge on any atom is 0.125 e. The maximum absolute atomic E-state index is 5.83. The molecule has 3 rings (SSSR count). The number of aryl methyl sites for hydroxylation is 1. The quantitative estimate of drug-likeness (QED) is 0.936. The second kappa shape index (κ2) is 5.97. The minimum atomic E-state index is 0.329. The molecule has 20 heavy (non-hydrogen) atoms. The first-order valence-electron chi connectivity index (χ1n) is 6.86. The summed E-state index contributed by atoms with van der Waals surface area (Å²) in [7, 11) is 1.97. The van der Waals surface area contributed by atoms with E-state index in [1.807, 2.05) is 24.0 Å². The third-order valence-electron chi connectivity index (χ3n) is 3.70. The molecule has 0 bridgehead atoms. The van der Waals surface area contributed by atoms with Crippen LogP contribution in [0.2, 0.25) is 0 Å². The standard InChI is InChI=1S/C15H18BrN3O/c1-19-12(6-7-18-19)10-17-14-3-2-8-20-15-9-11(16)4-5-13(14)15/h4-7,9,14,17H,2-3,8,10H2,1H3. The lowest BCUT2D eigenvalue weighted by Gasteiger charge is -2.18. The van der Waals surface area contributed by atoms with Crippen molar-refractivity contribution in [3.63, 3.8) is 0 Å². The number of fused-ring (bicyclic) bond motifs is 1. The van der Waals surface area contributed by atoms with Gasteiger partial charge in [-0.3, -0.25) is 4.68 Å². The van der Waals surface area contributed by atoms with Crippen molar-refractivity contribution in [1.82, 2.24) is 15.1 Å². The molecule has 1 aliphatic rings. The molecule has 0 saturated heterocycles. The number of hydrogen-bond acceptors (Lipinski definition) is 3. The number of hydrogen-bond donors (Lipinski definition) is 1. The van der Waals surface area contributed by atoms with Gasteiger partial charge in [-0.2, -0.15) is 5.10 Å². The van der Waals surface area contributed by atoms with Gasteiger partial charge >= 0.3 is 0 Å². The van der Waals surface area contributed by atoms with Gasteiger partial charge in [-0.1, -0.05) is 22.0 Å². The van der Waals surface area contributed by atoms with Crippen LogP contribution in [0.3, 0.4) is 0 Å². The van der Waals surface area contributed by atoms with Crippen LogP contribution in [-0.2, 0) is 13.6 Å². The highest BCUT2D eigenvalue weighted by Crippen LogP contribution is 2.33. The first kappa shape index (κ1) is 13.6. The fourth-order valence-electron chi connectivity index (χ4n) is 2.56. The highest BCUT2D eigenvalue weighted by Gasteiger charge is 2.19. The van der Waals surface area contributed by atoms with Crippen LogP contribution >= 0.6 is 15.9 Å². The number of benzene rings is 1. The Morgan fingerprint density at radius 2 is 2.35 bits per heavy atom. The predicted molar refractivity (Wildman–Crippen MR) is 81.7 cm³/mol. The van der Waals surface area contributed by atoms with Crippen LogP contribution in [0, 0.1) is 0 Å². The number of aromatic nitrogens is 2. The summed E-state index contributed by atoms with van der Waals surface area (Å²) in [5.74, 6) is 0.986. The Morgan fingerprint density at radius 3 is 3.15 bits per heavy atom. The van der Waals surface area contributed by atoms with Crippen LogP contribution in [0.15, 0.2) is 34.9 Å². The molecule has 1 aliphatic heterocycles. The van der Waals surface area contributed by atoms with E-state index in [0.717, 1.165) is 36.2 Å². The molecule has 2 heterocycles. The SMILES string of the molecule is Cn1nccc1CNC1CCCOc2cc(Br)ccc21. The van der Waals surface area contributed by atoms with Crippen molar-refractivity contribution in [3.8, 4) is 5.75 Å². The lowest BCUT2D eigenvalue weighted by atomic mass is 10.0. The molecule has 1 N–H and O–H groups in total. The molecule has 0 amide bonds. The van der Waals surface area contributed by atoms with Crippen molar-refractivity contribution < 1.29 is 4.74 Å². The zero-order chi connectivity index (χ0) is 13.9. The summed E-state index contributed by atoms with van der Waals surface area (Å²) >= 11 is 3.50. The molecule has 1 aromatic carbocycles. The van der Waals surface area contributed by atoms with E-state index >= 15 is 0 Å². The first-order valence-corrected chi connectivity index (χ1v) is 7.66. The fourth-order valence-corrected chi connectivity index (χ4v) is 2.90. The first-order chi connectivity index (χ1) is 9.74. The second-order valence-electron chi connectivity index (χ2n) is 5.05. The van der Waals surface area contributed by atoms with Crippen molar-refractivity contribution >= 4 is 15.9 Å². The van der Waals surface area contributed by atoms with Crippen molar-refractivity contribution in [2.75, 3.05) is 6.61 Å². The lowest BCUT2D eigenvalue weighted by molar-refractivity contribution is 0.315. The summed E-state index contributed by atoms with van der Waals surface area (Å²) in [6.07, 6.45) is 3.99. The molecular weight excluding hydrogens is 318 g/mol. The summed E-state index contributed by atoms with van der Waals surface area (Å²) in [5, 5.41) is 7.82. The van der Waals surface area contributed by atoms with Gasteiger partial charge in [0.15, 0.2) is 0 Å². The average Bonchev–Trinajstić information content (AvgIpc) is 2.73. The van der Waals surface area contributed by atoms with Crippen LogP contribution in [0.1, 0.15) is 30.1 Å². The van der Waals surface area contributed by atoms with Crippen LogP contribution in [-0.4, -0.2) is 16.4 Å². The Labute approximate surface area is 127 Å². The Bertz CT molecular complexity index is 597. The van der Waals surface area contributed by atoms with Gasteiger partial charge in [0.05, 0.1) is 12.3 Å². The van der Waals surface area contributed by atoms with Crippen LogP contribution in [0.5, 0.6) is 5.75 Å². The largest absolute Gasteiger partial charge is 0.493 e. The summed E-state index contributed by atoms with van der Waals surface area (Å²) < 4.78 is 8.80. The average molecular weight is 336 g/mol. The van der Waals surface area contributed by atoms with Gasteiger partial charge in [0.1, 0.15) is 5.75 Å². The Hall–Kier alpha value is -1.33. The number of ether oxygens (including phenoxy) is 1. The van der Waals surface area contributed by atoms with Crippen LogP contribution in [0.4, 0.5) is 0 Å². The molecule has 0 aliphatic carbocycles. The Balaban J connectivity index is 1.78. The minimum absolute atomic E-state index is 0.329. The van der Waals surface area contributed by atoms with Gasteiger partial charge in [0.25, 0.3) is 0 Å². The molecule has 0 fully saturated rings. The molecule has 0 saturated carbocycles. The highest BCUT2D eigenvalue weighted by molar-refractivity contribution is 9.10. The molecule has 0 radical (unpaired) electrons. The van der Waals surface area contributed by atoms with Crippen LogP contribution in [0.25, 0.3) is 0 Å². The van der Waals surface area contributed by atoms with Crippen LogP contribution < -0.4 is 10.1 Å². The molecule has 106 valence electrons. The maximum atomic E-state index is 5.83. The molecule has 4 nitrogen and oxygen atoms in total. The van der Waals surface area contributed by atoms with E-state index in [9.17, 15) is 0 Å². The molecule has 5 heteroatoms. The molecule has 1 aromatic heterocycles. The zero-order valence-corrected chi connectivity index (χ0v) is 13.1. The molecule has 0 spiro atoms. The third kappa shape index (κ3) is 2.88. The van der Waals surface area contributed by atoms with Gasteiger partial charge in [0.2, 0.25) is 0 Å². The molecular formula is C15H18BrN3O. The van der Waals surface area contributed by atoms with Gasteiger partial charge in [-0.15, -0.1) is 0 Å². The third-order valence-corrected chi connectivity index (χ3v) is 4.19. The predicted octanol–water partition coefficient (Wildman–Crippen LogP) is 3.19. The fraction of sp³-hybridized carbons (Fsp3) is 0.400. The topological polar surface area (TPSA) is 39.1 Å². The molecule has 1 atom stereocenters. The normalized spacial score (nSPS) is 18.2. The Kier molecular flexibility index (Phi) is 4.08.